The maximum absolute atomic E-state index is 14.0. The molecule has 226 valence electrons. The first-order valence-corrected chi connectivity index (χ1v) is 16.7. The number of nitrogens with zero attached hydrogens (tertiary/aromatic N) is 2. The van der Waals surface area contributed by atoms with Gasteiger partial charge < -0.3 is 10.2 Å². The van der Waals surface area contributed by atoms with Gasteiger partial charge in [-0.1, -0.05) is 64.5 Å². The average Bonchev–Trinajstić information content (AvgIpc) is 2.90. The monoisotopic (exact) mass is 655 g/mol. The van der Waals surface area contributed by atoms with Crippen LogP contribution in [0.2, 0.25) is 0 Å². The summed E-state index contributed by atoms with van der Waals surface area (Å²) in [5.74, 6) is -0.443. The predicted molar refractivity (Wildman–Crippen MR) is 174 cm³/mol. The van der Waals surface area contributed by atoms with Crippen LogP contribution in [0, 0.1) is 13.8 Å². The van der Waals surface area contributed by atoms with Crippen molar-refractivity contribution in [1.82, 2.24) is 10.2 Å². The first-order valence-electron chi connectivity index (χ1n) is 14.1. The second-order valence-corrected chi connectivity index (χ2v) is 14.6. The number of sulfonamides is 1. The fraction of sp³-hybridized carbons (Fsp3) is 0.394. The van der Waals surface area contributed by atoms with E-state index in [0.29, 0.717) is 18.5 Å². The van der Waals surface area contributed by atoms with Crippen LogP contribution in [0.1, 0.15) is 55.9 Å². The van der Waals surface area contributed by atoms with Gasteiger partial charge in [0.05, 0.1) is 11.9 Å². The number of hydrogen-bond acceptors (Lipinski definition) is 4. The van der Waals surface area contributed by atoms with Crippen LogP contribution >= 0.6 is 15.9 Å². The fourth-order valence-electron chi connectivity index (χ4n) is 4.68. The minimum Gasteiger partial charge on any atom is -0.350 e. The van der Waals surface area contributed by atoms with Gasteiger partial charge in [-0.05, 0) is 87.6 Å². The molecule has 1 N–H and O–H groups in total. The Balaban J connectivity index is 1.90. The number of carbonyl (C=O) groups is 2. The summed E-state index contributed by atoms with van der Waals surface area (Å²) in [5.41, 5.74) is 3.99. The van der Waals surface area contributed by atoms with Crippen molar-refractivity contribution in [3.05, 3.63) is 99.5 Å². The van der Waals surface area contributed by atoms with Crippen LogP contribution in [0.15, 0.2) is 77.3 Å². The van der Waals surface area contributed by atoms with Crippen molar-refractivity contribution in [3.63, 3.8) is 0 Å². The molecule has 0 spiro atoms. The molecule has 0 radical (unpaired) electrons. The predicted octanol–water partition coefficient (Wildman–Crippen LogP) is 6.17. The quantitative estimate of drug-likeness (QED) is 0.253. The molecule has 3 aromatic rings. The van der Waals surface area contributed by atoms with E-state index in [2.05, 4.69) is 21.2 Å². The van der Waals surface area contributed by atoms with Gasteiger partial charge in [0.15, 0.2) is 0 Å². The molecule has 0 bridgehead atoms. The minimum absolute atomic E-state index is 0.0848. The van der Waals surface area contributed by atoms with Crippen LogP contribution in [0.5, 0.6) is 0 Å². The van der Waals surface area contributed by atoms with E-state index < -0.39 is 21.6 Å². The summed E-state index contributed by atoms with van der Waals surface area (Å²) in [4.78, 5) is 29.3. The number of aryl methyl sites for hydroxylation is 2. The highest BCUT2D eigenvalue weighted by Crippen LogP contribution is 2.23. The van der Waals surface area contributed by atoms with E-state index >= 15 is 0 Å². The van der Waals surface area contributed by atoms with Gasteiger partial charge in [-0.3, -0.25) is 13.9 Å². The second kappa shape index (κ2) is 14.3. The molecular weight excluding hydrogens is 614 g/mol. The summed E-state index contributed by atoms with van der Waals surface area (Å²) >= 11 is 3.46. The van der Waals surface area contributed by atoms with Crippen molar-refractivity contribution in [2.75, 3.05) is 17.1 Å². The van der Waals surface area contributed by atoms with E-state index in [-0.39, 0.29) is 31.3 Å². The normalized spacial score (nSPS) is 12.5. The Hall–Kier alpha value is -3.17. The summed E-state index contributed by atoms with van der Waals surface area (Å²) in [7, 11) is -3.57. The molecule has 0 heterocycles. The van der Waals surface area contributed by atoms with Gasteiger partial charge in [-0.25, -0.2) is 8.42 Å². The van der Waals surface area contributed by atoms with E-state index in [4.69, 9.17) is 0 Å². The molecule has 9 heteroatoms. The highest BCUT2D eigenvalue weighted by Gasteiger charge is 2.32. The first-order chi connectivity index (χ1) is 19.6. The van der Waals surface area contributed by atoms with Crippen LogP contribution in [-0.2, 0) is 32.6 Å². The molecule has 2 amide bonds. The fourth-order valence-corrected chi connectivity index (χ4v) is 5.90. The molecule has 1 atom stereocenters. The van der Waals surface area contributed by atoms with Gasteiger partial charge in [-0.2, -0.15) is 0 Å². The third kappa shape index (κ3) is 9.98. The third-order valence-electron chi connectivity index (χ3n) is 6.97. The van der Waals surface area contributed by atoms with Gasteiger partial charge in [0.1, 0.15) is 6.04 Å². The van der Waals surface area contributed by atoms with Crippen LogP contribution in [0.3, 0.4) is 0 Å². The smallest absolute Gasteiger partial charge is 0.243 e. The number of rotatable bonds is 12. The van der Waals surface area contributed by atoms with E-state index in [1.807, 2.05) is 101 Å². The number of amides is 2. The van der Waals surface area contributed by atoms with Crippen LogP contribution < -0.4 is 9.62 Å². The van der Waals surface area contributed by atoms with Crippen LogP contribution in [0.4, 0.5) is 5.69 Å². The number of halogens is 1. The maximum atomic E-state index is 14.0. The summed E-state index contributed by atoms with van der Waals surface area (Å²) in [6.07, 6.45) is 1.91. The molecule has 1 unspecified atom stereocenters. The molecule has 0 aliphatic rings. The van der Waals surface area contributed by atoms with Crippen molar-refractivity contribution < 1.29 is 18.0 Å². The lowest BCUT2D eigenvalue weighted by Gasteiger charge is -2.34. The molecule has 7 nitrogen and oxygen atoms in total. The van der Waals surface area contributed by atoms with Crippen molar-refractivity contribution in [3.8, 4) is 0 Å². The van der Waals surface area contributed by atoms with E-state index in [0.717, 1.165) is 26.7 Å². The van der Waals surface area contributed by atoms with E-state index in [9.17, 15) is 18.0 Å². The minimum atomic E-state index is -3.57. The van der Waals surface area contributed by atoms with Crippen LogP contribution in [-0.4, -0.2) is 49.5 Å². The SMILES string of the molecule is Cc1ccc(N(CCCC(=O)N(Cc2ccc(Br)cc2)C(Cc2ccccc2)C(=O)NC(C)(C)C)S(C)(=O)=O)cc1C. The molecule has 42 heavy (non-hydrogen) atoms. The van der Waals surface area contributed by atoms with Gasteiger partial charge >= 0.3 is 0 Å². The molecule has 3 rings (SSSR count). The highest BCUT2D eigenvalue weighted by molar-refractivity contribution is 9.10. The molecule has 0 saturated heterocycles. The third-order valence-corrected chi connectivity index (χ3v) is 8.69. The summed E-state index contributed by atoms with van der Waals surface area (Å²) in [5, 5.41) is 3.07. The van der Waals surface area contributed by atoms with E-state index in [1.165, 1.54) is 10.6 Å². The summed E-state index contributed by atoms with van der Waals surface area (Å²) in [6, 6.07) is 22.1. The Bertz CT molecular complexity index is 1470. The highest BCUT2D eigenvalue weighted by atomic mass is 79.9. The van der Waals surface area contributed by atoms with Crippen molar-refractivity contribution in [2.45, 2.75) is 72.0 Å². The standard InChI is InChI=1S/C33H42BrN3O4S/c1-24-14-19-29(21-25(24)2)37(42(6,40)41)20-10-13-31(38)36(23-27-15-17-28(34)18-16-27)30(32(39)35-33(3,4)5)22-26-11-8-7-9-12-26/h7-9,11-12,14-19,21,30H,10,13,20,22-23H2,1-6H3,(H,35,39). The first kappa shape index (κ1) is 33.3. The number of nitrogens with one attached hydrogen (secondary N) is 1. The van der Waals surface area contributed by atoms with E-state index in [1.54, 1.807) is 11.0 Å². The van der Waals surface area contributed by atoms with Gasteiger partial charge in [-0.15, -0.1) is 0 Å². The number of hydrogen-bond donors (Lipinski definition) is 1. The Labute approximate surface area is 259 Å². The molecule has 3 aromatic carbocycles. The lowest BCUT2D eigenvalue weighted by molar-refractivity contribution is -0.142. The lowest BCUT2D eigenvalue weighted by atomic mass is 10.00. The Morgan fingerprint density at radius 2 is 1.55 bits per heavy atom. The van der Waals surface area contributed by atoms with Crippen molar-refractivity contribution in [1.29, 1.82) is 0 Å². The Kier molecular flexibility index (Phi) is 11.4. The Morgan fingerprint density at radius 1 is 0.905 bits per heavy atom. The van der Waals surface area contributed by atoms with Gasteiger partial charge in [0.25, 0.3) is 0 Å². The zero-order valence-electron chi connectivity index (χ0n) is 25.4. The maximum Gasteiger partial charge on any atom is 0.243 e. The topological polar surface area (TPSA) is 86.8 Å². The molecule has 0 fully saturated rings. The molecule has 0 aliphatic carbocycles. The summed E-state index contributed by atoms with van der Waals surface area (Å²) in [6.45, 7) is 10.1. The van der Waals surface area contributed by atoms with Crippen LogP contribution in [0.25, 0.3) is 0 Å². The summed E-state index contributed by atoms with van der Waals surface area (Å²) < 4.78 is 27.7. The molecular formula is C33H42BrN3O4S. The van der Waals surface area contributed by atoms with Gasteiger partial charge in [0, 0.05) is 35.9 Å². The lowest BCUT2D eigenvalue weighted by Crippen LogP contribution is -2.54. The van der Waals surface area contributed by atoms with Gasteiger partial charge in [0.2, 0.25) is 21.8 Å². The molecule has 0 saturated carbocycles. The average molecular weight is 657 g/mol. The number of anilines is 1. The molecule has 0 aliphatic heterocycles. The zero-order valence-corrected chi connectivity index (χ0v) is 27.8. The molecule has 0 aromatic heterocycles. The number of benzene rings is 3. The van der Waals surface area contributed by atoms with Crippen molar-refractivity contribution >= 4 is 43.5 Å². The second-order valence-electron chi connectivity index (χ2n) is 11.8. The zero-order chi connectivity index (χ0) is 31.1. The van der Waals surface area contributed by atoms with Crippen molar-refractivity contribution in [2.24, 2.45) is 0 Å². The Morgan fingerprint density at radius 3 is 2.12 bits per heavy atom. The number of carbonyl (C=O) groups excluding carboxylic acids is 2. The largest absolute Gasteiger partial charge is 0.350 e.